The number of nitrogens with one attached hydrogen (secondary N) is 2. The summed E-state index contributed by atoms with van der Waals surface area (Å²) in [6.07, 6.45) is 1.29. The number of aryl methyl sites for hydroxylation is 1. The van der Waals surface area contributed by atoms with E-state index in [9.17, 15) is 14.0 Å². The second kappa shape index (κ2) is 7.75. The van der Waals surface area contributed by atoms with Crippen LogP contribution in [0.4, 0.5) is 10.1 Å². The van der Waals surface area contributed by atoms with Gasteiger partial charge in [-0.3, -0.25) is 0 Å². The predicted molar refractivity (Wildman–Crippen MR) is 98.1 cm³/mol. The molecule has 0 amide bonds. The molecule has 1 aromatic heterocycles. The Hall–Kier alpha value is -0.940. The normalized spacial score (nSPS) is 25.8. The Kier molecular flexibility index (Phi) is 5.84. The van der Waals surface area contributed by atoms with Crippen LogP contribution in [0.3, 0.4) is 0 Å². The van der Waals surface area contributed by atoms with E-state index in [4.69, 9.17) is 11.6 Å². The van der Waals surface area contributed by atoms with E-state index in [0.717, 1.165) is 9.88 Å². The summed E-state index contributed by atoms with van der Waals surface area (Å²) in [6.45, 7) is 1.91. The number of aromatic nitrogens is 1. The van der Waals surface area contributed by atoms with Crippen LogP contribution in [-0.2, 0) is 11.5 Å². The number of rotatable bonds is 4. The van der Waals surface area contributed by atoms with Crippen molar-refractivity contribution in [2.45, 2.75) is 31.7 Å². The van der Waals surface area contributed by atoms with Crippen molar-refractivity contribution >= 4 is 40.2 Å². The van der Waals surface area contributed by atoms with Gasteiger partial charge in [0.1, 0.15) is 29.6 Å². The average Bonchev–Trinajstić information content (AvgIpc) is 3.00. The third kappa shape index (κ3) is 4.25. The second-order valence-electron chi connectivity index (χ2n) is 5.77. The molecule has 10 heteroatoms. The van der Waals surface area contributed by atoms with Crippen LogP contribution in [0, 0.1) is 12.7 Å². The molecule has 0 saturated carbocycles. The van der Waals surface area contributed by atoms with E-state index in [-0.39, 0.29) is 11.1 Å². The van der Waals surface area contributed by atoms with Crippen LogP contribution >= 0.6 is 22.9 Å². The van der Waals surface area contributed by atoms with Crippen molar-refractivity contribution < 1.29 is 14.0 Å². The van der Waals surface area contributed by atoms with E-state index >= 15 is 0 Å². The van der Waals surface area contributed by atoms with Crippen LogP contribution in [0.15, 0.2) is 24.4 Å². The zero-order chi connectivity index (χ0) is 18.1. The summed E-state index contributed by atoms with van der Waals surface area (Å²) in [5.74, 6) is -0.526. The molecule has 1 fully saturated rings. The standard InChI is InChI=1S/C15H18ClFN4O2S2/c1-8-18-7-14(24-8)12-6-13(21(2)25(23)20-12)15(22)19-9-3-4-11(17)10(16)5-9/h3-5,7,12-13,15,19-20,22H,6H2,1-2H3/t12-,13+,15?,25?/m0/s1. The van der Waals surface area contributed by atoms with Crippen LogP contribution in [-0.4, -0.2) is 38.3 Å². The van der Waals surface area contributed by atoms with Gasteiger partial charge in [0.05, 0.1) is 16.1 Å². The molecule has 4 atom stereocenters. The Morgan fingerprint density at radius 1 is 1.60 bits per heavy atom. The van der Waals surface area contributed by atoms with Crippen LogP contribution < -0.4 is 10.0 Å². The maximum Gasteiger partial charge on any atom is 0.144 e. The summed E-state index contributed by atoms with van der Waals surface area (Å²) in [5, 5.41) is 14.4. The zero-order valence-electron chi connectivity index (χ0n) is 13.6. The van der Waals surface area contributed by atoms with Crippen molar-refractivity contribution in [1.82, 2.24) is 14.0 Å². The first-order valence-corrected chi connectivity index (χ1v) is 9.88. The smallest absolute Gasteiger partial charge is 0.144 e. The van der Waals surface area contributed by atoms with Gasteiger partial charge in [0, 0.05) is 23.8 Å². The lowest BCUT2D eigenvalue weighted by Crippen LogP contribution is -2.57. The lowest BCUT2D eigenvalue weighted by Gasteiger charge is -2.38. The van der Waals surface area contributed by atoms with E-state index < -0.39 is 29.6 Å². The highest BCUT2D eigenvalue weighted by molar-refractivity contribution is 7.87. The first-order valence-electron chi connectivity index (χ1n) is 7.58. The minimum absolute atomic E-state index is 0.0301. The topological polar surface area (TPSA) is 83.5 Å². The largest absolute Gasteiger partial charge is 0.579 e. The Morgan fingerprint density at radius 2 is 2.36 bits per heavy atom. The van der Waals surface area contributed by atoms with E-state index in [2.05, 4.69) is 15.0 Å². The lowest BCUT2D eigenvalue weighted by molar-refractivity contribution is 0.102. The van der Waals surface area contributed by atoms with Gasteiger partial charge in [0.25, 0.3) is 0 Å². The number of thiazole rings is 1. The molecule has 0 aliphatic carbocycles. The number of hydrogen-bond acceptors (Lipinski definition) is 7. The summed E-state index contributed by atoms with van der Waals surface area (Å²) in [6, 6.07) is 3.54. The molecule has 2 heterocycles. The fourth-order valence-corrected chi connectivity index (χ4v) is 4.84. The molecule has 2 aromatic rings. The molecule has 1 saturated heterocycles. The van der Waals surface area contributed by atoms with Crippen molar-refractivity contribution in [3.8, 4) is 0 Å². The van der Waals surface area contributed by atoms with E-state index in [1.807, 2.05) is 6.92 Å². The van der Waals surface area contributed by atoms with Gasteiger partial charge in [-0.15, -0.1) is 20.4 Å². The van der Waals surface area contributed by atoms with Crippen LogP contribution in [0.25, 0.3) is 0 Å². The fourth-order valence-electron chi connectivity index (χ4n) is 2.66. The van der Waals surface area contributed by atoms with E-state index in [0.29, 0.717) is 12.1 Å². The molecule has 6 nitrogen and oxygen atoms in total. The summed E-state index contributed by atoms with van der Waals surface area (Å²) in [7, 11) is 1.67. The number of likely N-dealkylation sites (N-methyl/N-ethyl adjacent to an activating group) is 1. The highest BCUT2D eigenvalue weighted by Crippen LogP contribution is 2.32. The molecule has 2 unspecified atom stereocenters. The number of aliphatic hydroxyl groups excluding tert-OH is 1. The van der Waals surface area contributed by atoms with Crippen molar-refractivity contribution in [3.05, 3.63) is 45.1 Å². The number of halogens is 2. The third-order valence-corrected chi connectivity index (χ3v) is 6.63. The molecule has 0 bridgehead atoms. The molecule has 1 aliphatic rings. The number of nitrogens with zero attached hydrogens (tertiary/aromatic N) is 2. The van der Waals surface area contributed by atoms with Gasteiger partial charge in [-0.25, -0.2) is 9.37 Å². The molecule has 0 radical (unpaired) electrons. The van der Waals surface area contributed by atoms with E-state index in [1.54, 1.807) is 17.5 Å². The lowest BCUT2D eigenvalue weighted by atomic mass is 10.0. The molecular weight excluding hydrogens is 387 g/mol. The highest BCUT2D eigenvalue weighted by Gasteiger charge is 2.41. The number of hydrogen-bond donors (Lipinski definition) is 3. The second-order valence-corrected chi connectivity index (χ2v) is 8.75. The molecular formula is C15H18ClFN4O2S2. The van der Waals surface area contributed by atoms with Crippen molar-refractivity contribution in [2.24, 2.45) is 0 Å². The zero-order valence-corrected chi connectivity index (χ0v) is 16.0. The van der Waals surface area contributed by atoms with Gasteiger partial charge >= 0.3 is 0 Å². The Balaban J connectivity index is 1.74. The van der Waals surface area contributed by atoms with Gasteiger partial charge in [0.2, 0.25) is 0 Å². The molecule has 1 aromatic carbocycles. The minimum Gasteiger partial charge on any atom is -0.579 e. The Bertz CT molecular complexity index is 750. The Morgan fingerprint density at radius 3 is 3.00 bits per heavy atom. The summed E-state index contributed by atoms with van der Waals surface area (Å²) in [5.41, 5.74) is 0.488. The monoisotopic (exact) mass is 404 g/mol. The number of benzene rings is 1. The van der Waals surface area contributed by atoms with Gasteiger partial charge in [0.15, 0.2) is 0 Å². The van der Waals surface area contributed by atoms with Crippen LogP contribution in [0.2, 0.25) is 5.02 Å². The maximum absolute atomic E-state index is 13.3. The first kappa shape index (κ1) is 18.8. The summed E-state index contributed by atoms with van der Waals surface area (Å²) in [4.78, 5) is 5.20. The van der Waals surface area contributed by atoms with Gasteiger partial charge in [-0.2, -0.15) is 0 Å². The SMILES string of the molecule is Cc1ncc([C@@H]2C[C@H](C(O)Nc3ccc(F)c(Cl)c3)N(C)[S+]([O-])N2)s1. The molecule has 1 aliphatic heterocycles. The van der Waals surface area contributed by atoms with Crippen molar-refractivity contribution in [1.29, 1.82) is 0 Å². The Labute approximate surface area is 157 Å². The van der Waals surface area contributed by atoms with Gasteiger partial charge in [-0.05, 0) is 31.5 Å². The first-order chi connectivity index (χ1) is 11.8. The summed E-state index contributed by atoms with van der Waals surface area (Å²) < 4.78 is 30.2. The van der Waals surface area contributed by atoms with Gasteiger partial charge in [-0.1, -0.05) is 11.6 Å². The summed E-state index contributed by atoms with van der Waals surface area (Å²) >= 11 is 5.85. The molecule has 0 spiro atoms. The fraction of sp³-hybridized carbons (Fsp3) is 0.400. The van der Waals surface area contributed by atoms with E-state index in [1.165, 1.54) is 29.5 Å². The minimum atomic E-state index is -1.45. The molecule has 25 heavy (non-hydrogen) atoms. The number of anilines is 1. The van der Waals surface area contributed by atoms with Gasteiger partial charge < -0.3 is 15.0 Å². The highest BCUT2D eigenvalue weighted by atomic mass is 35.5. The molecule has 136 valence electrons. The van der Waals surface area contributed by atoms with Crippen LogP contribution in [0.1, 0.15) is 22.3 Å². The van der Waals surface area contributed by atoms with Crippen molar-refractivity contribution in [2.75, 3.05) is 12.4 Å². The average molecular weight is 405 g/mol. The third-order valence-electron chi connectivity index (χ3n) is 4.03. The molecule has 3 rings (SSSR count). The number of aliphatic hydroxyl groups is 1. The predicted octanol–water partition coefficient (Wildman–Crippen LogP) is 2.59. The molecule has 3 N–H and O–H groups in total. The van der Waals surface area contributed by atoms with Crippen LogP contribution in [0.5, 0.6) is 0 Å². The van der Waals surface area contributed by atoms with Crippen molar-refractivity contribution in [3.63, 3.8) is 0 Å². The quantitative estimate of drug-likeness (QED) is 0.536. The maximum atomic E-state index is 13.3.